The molecule has 0 unspecified atom stereocenters. The van der Waals surface area contributed by atoms with Crippen LogP contribution in [0.25, 0.3) is 6.08 Å². The number of benzene rings is 1. The molecule has 80 valence electrons. The third-order valence-electron chi connectivity index (χ3n) is 1.94. The minimum atomic E-state index is -4.25. The molecule has 1 aromatic carbocycles. The molecule has 1 aliphatic heterocycles. The molecule has 0 aliphatic carbocycles. The first-order valence-corrected chi connectivity index (χ1v) is 7.88. The normalized spacial score (nSPS) is 14.5. The third kappa shape index (κ3) is 2.11. The van der Waals surface area contributed by atoms with Gasteiger partial charge in [-0.1, -0.05) is 20.7 Å². The van der Waals surface area contributed by atoms with E-state index in [0.29, 0.717) is 11.1 Å². The quantitative estimate of drug-likeness (QED) is 0.604. The molecule has 0 bridgehead atoms. The largest absolute Gasteiger partial charge is 0.507 e. The highest BCUT2D eigenvalue weighted by molar-refractivity contribution is 14.2. The minimum absolute atomic E-state index is 0.128. The molecule has 0 amide bonds. The van der Waals surface area contributed by atoms with E-state index in [2.05, 4.69) is 0 Å². The number of rotatable bonds is 1. The maximum Gasteiger partial charge on any atom is 0.294 e. The molecule has 1 heterocycles. The van der Waals surface area contributed by atoms with Gasteiger partial charge in [0.2, 0.25) is 0 Å². The van der Waals surface area contributed by atoms with Gasteiger partial charge in [0.1, 0.15) is 5.75 Å². The van der Waals surface area contributed by atoms with Crippen LogP contribution in [0.4, 0.5) is 0 Å². The molecule has 1 aromatic rings. The summed E-state index contributed by atoms with van der Waals surface area (Å²) in [6, 6.07) is 2.42. The summed E-state index contributed by atoms with van der Waals surface area (Å²) in [6.07, 6.45) is 1.77. The average molecular weight is 338 g/mol. The van der Waals surface area contributed by atoms with Gasteiger partial charge in [0.15, 0.2) is 0 Å². The summed E-state index contributed by atoms with van der Waals surface area (Å²) >= 11 is -0.230. The first-order valence-electron chi connectivity index (χ1n) is 3.95. The van der Waals surface area contributed by atoms with E-state index in [1.54, 1.807) is 6.08 Å². The standard InChI is InChI=1S/C9H7IO4S/c11-9-4-7(15(12,13)14)3-6-5-10-2-1-8(6)9/h1-5,11H,(H,12,13,14). The summed E-state index contributed by atoms with van der Waals surface area (Å²) in [7, 11) is -4.25. The van der Waals surface area contributed by atoms with Crippen molar-refractivity contribution in [3.63, 3.8) is 0 Å². The van der Waals surface area contributed by atoms with Crippen LogP contribution in [-0.4, -0.2) is 22.1 Å². The SMILES string of the molecule is O=S(=O)(O)c1cc(O)c2c(c1)C=IC=C2. The lowest BCUT2D eigenvalue weighted by atomic mass is 10.1. The molecular formula is C9H7IO4S. The van der Waals surface area contributed by atoms with E-state index in [9.17, 15) is 13.5 Å². The van der Waals surface area contributed by atoms with Gasteiger partial charge in [-0.3, -0.25) is 4.55 Å². The predicted molar refractivity (Wildman–Crippen MR) is 66.1 cm³/mol. The van der Waals surface area contributed by atoms with Crippen molar-refractivity contribution in [3.05, 3.63) is 27.3 Å². The fraction of sp³-hybridized carbons (Fsp3) is 0. The summed E-state index contributed by atoms with van der Waals surface area (Å²) in [5.41, 5.74) is 1.27. The fourth-order valence-electron chi connectivity index (χ4n) is 1.26. The Bertz CT molecular complexity index is 572. The Morgan fingerprint density at radius 1 is 1.27 bits per heavy atom. The molecular weight excluding hydrogens is 331 g/mol. The van der Waals surface area contributed by atoms with Crippen LogP contribution < -0.4 is 0 Å². The minimum Gasteiger partial charge on any atom is -0.507 e. The van der Waals surface area contributed by atoms with Crippen LogP contribution in [0.3, 0.4) is 0 Å². The molecule has 15 heavy (non-hydrogen) atoms. The molecule has 1 aliphatic rings. The van der Waals surface area contributed by atoms with Crippen LogP contribution in [0.15, 0.2) is 21.1 Å². The summed E-state index contributed by atoms with van der Waals surface area (Å²) in [6.45, 7) is 0. The van der Waals surface area contributed by atoms with Crippen LogP contribution in [0, 0.1) is 0 Å². The zero-order valence-electron chi connectivity index (χ0n) is 7.38. The zero-order chi connectivity index (χ0) is 11.1. The molecule has 0 saturated carbocycles. The number of hydrogen-bond acceptors (Lipinski definition) is 3. The van der Waals surface area contributed by atoms with Crippen molar-refractivity contribution in [1.29, 1.82) is 0 Å². The lowest BCUT2D eigenvalue weighted by Crippen LogP contribution is -2.00. The maximum atomic E-state index is 10.9. The number of halogens is 1. The van der Waals surface area contributed by atoms with Gasteiger partial charge in [-0.05, 0) is 25.8 Å². The van der Waals surface area contributed by atoms with Crippen LogP contribution in [-0.2, 0) is 10.1 Å². The van der Waals surface area contributed by atoms with Crippen LogP contribution >= 0.6 is 20.7 Å². The van der Waals surface area contributed by atoms with Gasteiger partial charge < -0.3 is 5.11 Å². The van der Waals surface area contributed by atoms with E-state index >= 15 is 0 Å². The van der Waals surface area contributed by atoms with Crippen molar-refractivity contribution in [3.8, 4) is 5.75 Å². The van der Waals surface area contributed by atoms with E-state index in [1.165, 1.54) is 6.07 Å². The van der Waals surface area contributed by atoms with E-state index < -0.39 is 10.1 Å². The maximum absolute atomic E-state index is 10.9. The second-order valence-corrected chi connectivity index (χ2v) is 6.43. The van der Waals surface area contributed by atoms with E-state index in [0.717, 1.165) is 6.07 Å². The number of phenols is 1. The molecule has 4 nitrogen and oxygen atoms in total. The highest BCUT2D eigenvalue weighted by atomic mass is 127. The smallest absolute Gasteiger partial charge is 0.294 e. The van der Waals surface area contributed by atoms with Gasteiger partial charge >= 0.3 is 0 Å². The van der Waals surface area contributed by atoms with Gasteiger partial charge in [-0.2, -0.15) is 8.42 Å². The molecule has 0 aromatic heterocycles. The molecule has 0 fully saturated rings. The Hall–Kier alpha value is -0.730. The Balaban J connectivity index is 2.72. The Morgan fingerprint density at radius 3 is 2.67 bits per heavy atom. The molecule has 2 rings (SSSR count). The van der Waals surface area contributed by atoms with Crippen LogP contribution in [0.2, 0.25) is 0 Å². The summed E-state index contributed by atoms with van der Waals surface area (Å²) in [5.74, 6) is -0.128. The van der Waals surface area contributed by atoms with Gasteiger partial charge in [-0.15, -0.1) is 0 Å². The van der Waals surface area contributed by atoms with Gasteiger partial charge in [0, 0.05) is 11.6 Å². The second kappa shape index (κ2) is 3.69. The lowest BCUT2D eigenvalue weighted by molar-refractivity contribution is 0.465. The highest BCUT2D eigenvalue weighted by Gasteiger charge is 2.15. The van der Waals surface area contributed by atoms with Gasteiger partial charge in [0.05, 0.1) is 4.90 Å². The topological polar surface area (TPSA) is 74.6 Å². The Kier molecular flexibility index (Phi) is 2.65. The highest BCUT2D eigenvalue weighted by Crippen LogP contribution is 2.30. The fourth-order valence-corrected chi connectivity index (χ4v) is 3.47. The van der Waals surface area contributed by atoms with Crippen molar-refractivity contribution in [1.82, 2.24) is 0 Å². The van der Waals surface area contributed by atoms with Crippen LogP contribution in [0.5, 0.6) is 5.75 Å². The van der Waals surface area contributed by atoms with E-state index in [1.807, 2.05) is 8.09 Å². The van der Waals surface area contributed by atoms with Crippen LogP contribution in [0.1, 0.15) is 11.1 Å². The second-order valence-electron chi connectivity index (χ2n) is 2.95. The Labute approximate surface area is 96.7 Å². The van der Waals surface area contributed by atoms with Crippen molar-refractivity contribution < 1.29 is 18.1 Å². The van der Waals surface area contributed by atoms with E-state index in [-0.39, 0.29) is 31.4 Å². The van der Waals surface area contributed by atoms with Crippen molar-refractivity contribution >= 4 is 40.9 Å². The number of fused-ring (bicyclic) bond motifs is 1. The summed E-state index contributed by atoms with van der Waals surface area (Å²) in [4.78, 5) is -0.269. The molecule has 6 heteroatoms. The number of phenolic OH excluding ortho intramolecular Hbond substituents is 1. The molecule has 0 atom stereocenters. The first kappa shape index (κ1) is 10.8. The summed E-state index contributed by atoms with van der Waals surface area (Å²) < 4.78 is 34.5. The molecule has 0 saturated heterocycles. The zero-order valence-corrected chi connectivity index (χ0v) is 10.4. The van der Waals surface area contributed by atoms with Crippen molar-refractivity contribution in [2.45, 2.75) is 4.90 Å². The summed E-state index contributed by atoms with van der Waals surface area (Å²) in [5, 5.41) is 9.57. The predicted octanol–water partition coefficient (Wildman–Crippen LogP) is 1.74. The lowest BCUT2D eigenvalue weighted by Gasteiger charge is -2.08. The Morgan fingerprint density at radius 2 is 2.00 bits per heavy atom. The average Bonchev–Trinajstić information content (AvgIpc) is 2.16. The van der Waals surface area contributed by atoms with Gasteiger partial charge in [-0.25, -0.2) is 0 Å². The monoisotopic (exact) mass is 338 g/mol. The molecule has 0 radical (unpaired) electrons. The molecule has 2 N–H and O–H groups in total. The van der Waals surface area contributed by atoms with Gasteiger partial charge in [0.25, 0.3) is 10.1 Å². The van der Waals surface area contributed by atoms with Crippen molar-refractivity contribution in [2.75, 3.05) is 0 Å². The third-order valence-corrected chi connectivity index (χ3v) is 4.58. The van der Waals surface area contributed by atoms with E-state index in [4.69, 9.17) is 4.55 Å². The van der Waals surface area contributed by atoms with Crippen molar-refractivity contribution in [2.24, 2.45) is 0 Å². The number of hydrogen-bond donors (Lipinski definition) is 2. The molecule has 0 spiro atoms. The first-order chi connectivity index (χ1) is 6.98. The number of aromatic hydroxyl groups is 1.